The van der Waals surface area contributed by atoms with Crippen molar-refractivity contribution < 1.29 is 0 Å². The number of nitrogens with zero attached hydrogens (tertiary/aromatic N) is 2. The van der Waals surface area contributed by atoms with Gasteiger partial charge in [0.05, 0.1) is 11.0 Å². The fraction of sp³-hybridized carbons (Fsp3) is 0. The lowest BCUT2D eigenvalue weighted by atomic mass is 9.96. The van der Waals surface area contributed by atoms with E-state index >= 15 is 0 Å². The lowest BCUT2D eigenvalue weighted by Crippen LogP contribution is -2.09. The van der Waals surface area contributed by atoms with E-state index in [1.165, 1.54) is 54.8 Å². The van der Waals surface area contributed by atoms with Gasteiger partial charge in [0.1, 0.15) is 0 Å². The molecule has 0 amide bonds. The summed E-state index contributed by atoms with van der Waals surface area (Å²) >= 11 is 0. The summed E-state index contributed by atoms with van der Waals surface area (Å²) in [6, 6.07) is 69.8. The second-order valence-electron chi connectivity index (χ2n) is 12.2. The molecule has 2 nitrogen and oxygen atoms in total. The topological polar surface area (TPSA) is 8.17 Å². The van der Waals surface area contributed by atoms with E-state index in [1.54, 1.807) is 0 Å². The van der Waals surface area contributed by atoms with Gasteiger partial charge in [-0.2, -0.15) is 0 Å². The predicted octanol–water partition coefficient (Wildman–Crippen LogP) is 12.7. The summed E-state index contributed by atoms with van der Waals surface area (Å²) in [5.41, 5.74) is 11.8. The highest BCUT2D eigenvalue weighted by Gasteiger charge is 2.16. The monoisotopic (exact) mass is 612 g/mol. The first kappa shape index (κ1) is 27.9. The summed E-state index contributed by atoms with van der Waals surface area (Å²) < 4.78 is 2.41. The molecule has 0 saturated carbocycles. The Morgan fingerprint density at radius 2 is 0.792 bits per heavy atom. The van der Waals surface area contributed by atoms with E-state index in [9.17, 15) is 0 Å². The normalized spacial score (nSPS) is 11.3. The highest BCUT2D eigenvalue weighted by Crippen LogP contribution is 2.39. The molecule has 226 valence electrons. The summed E-state index contributed by atoms with van der Waals surface area (Å²) in [6.07, 6.45) is 0. The maximum absolute atomic E-state index is 2.41. The first-order chi connectivity index (χ1) is 23.8. The summed E-state index contributed by atoms with van der Waals surface area (Å²) in [5.74, 6) is 0. The van der Waals surface area contributed by atoms with Crippen LogP contribution >= 0.6 is 0 Å². The minimum atomic E-state index is 1.11. The van der Waals surface area contributed by atoms with Gasteiger partial charge >= 0.3 is 0 Å². The first-order valence-corrected chi connectivity index (χ1v) is 16.4. The zero-order valence-electron chi connectivity index (χ0n) is 26.4. The highest BCUT2D eigenvalue weighted by molar-refractivity contribution is 6.10. The van der Waals surface area contributed by atoms with Gasteiger partial charge in [-0.15, -0.1) is 0 Å². The Labute approximate surface area is 280 Å². The standard InChI is InChI=1S/C46H32N2/c1-3-13-33(14-4-1)34-23-27-38(28-24-34)47(37-16-5-2-6-17-37)39-29-25-35(26-30-39)44-32-40(31-36-15-7-8-18-41(36)44)48-45-21-11-9-19-42(45)43-20-10-12-22-46(43)48/h1-32H. The van der Waals surface area contributed by atoms with Crippen LogP contribution in [0, 0.1) is 0 Å². The molecule has 0 aliphatic rings. The molecular formula is C46H32N2. The SMILES string of the molecule is c1ccc(-c2ccc(N(c3ccccc3)c3ccc(-c4cc(-n5c6ccccc6c6ccccc65)cc5ccccc45)cc3)cc2)cc1. The Morgan fingerprint density at radius 3 is 1.42 bits per heavy atom. The molecule has 0 fully saturated rings. The first-order valence-electron chi connectivity index (χ1n) is 16.4. The summed E-state index contributed by atoms with van der Waals surface area (Å²) in [5, 5.41) is 5.00. The van der Waals surface area contributed by atoms with E-state index in [-0.39, 0.29) is 0 Å². The number of aromatic nitrogens is 1. The third kappa shape index (κ3) is 4.83. The van der Waals surface area contributed by atoms with Crippen LogP contribution in [0.3, 0.4) is 0 Å². The van der Waals surface area contributed by atoms with Crippen LogP contribution in [0.1, 0.15) is 0 Å². The van der Waals surface area contributed by atoms with Gasteiger partial charge in [0.2, 0.25) is 0 Å². The third-order valence-electron chi connectivity index (χ3n) is 9.37. The van der Waals surface area contributed by atoms with Crippen LogP contribution in [0.5, 0.6) is 0 Å². The molecule has 0 unspecified atom stereocenters. The molecule has 48 heavy (non-hydrogen) atoms. The molecule has 1 heterocycles. The van der Waals surface area contributed by atoms with Gasteiger partial charge in [-0.1, -0.05) is 133 Å². The van der Waals surface area contributed by atoms with Gasteiger partial charge in [0, 0.05) is 33.5 Å². The van der Waals surface area contributed by atoms with Crippen LogP contribution in [-0.4, -0.2) is 4.57 Å². The molecule has 8 aromatic carbocycles. The zero-order valence-corrected chi connectivity index (χ0v) is 26.4. The molecule has 0 aliphatic heterocycles. The Morgan fingerprint density at radius 1 is 0.333 bits per heavy atom. The fourth-order valence-electron chi connectivity index (χ4n) is 7.11. The van der Waals surface area contributed by atoms with Crippen molar-refractivity contribution in [3.05, 3.63) is 194 Å². The minimum absolute atomic E-state index is 1.11. The molecule has 0 saturated heterocycles. The van der Waals surface area contributed by atoms with Crippen molar-refractivity contribution in [1.82, 2.24) is 4.57 Å². The van der Waals surface area contributed by atoms with Crippen molar-refractivity contribution in [2.24, 2.45) is 0 Å². The predicted molar refractivity (Wildman–Crippen MR) is 204 cm³/mol. The van der Waals surface area contributed by atoms with Crippen LogP contribution in [-0.2, 0) is 0 Å². The Hall–Kier alpha value is -6.38. The van der Waals surface area contributed by atoms with Gasteiger partial charge in [-0.3, -0.25) is 0 Å². The van der Waals surface area contributed by atoms with Crippen molar-refractivity contribution in [3.8, 4) is 27.9 Å². The molecule has 1 aromatic heterocycles. The smallest absolute Gasteiger partial charge is 0.0541 e. The number of hydrogen-bond donors (Lipinski definition) is 0. The van der Waals surface area contributed by atoms with E-state index in [1.807, 2.05) is 0 Å². The largest absolute Gasteiger partial charge is 0.311 e. The second-order valence-corrected chi connectivity index (χ2v) is 12.2. The van der Waals surface area contributed by atoms with Crippen LogP contribution in [0.2, 0.25) is 0 Å². The fourth-order valence-corrected chi connectivity index (χ4v) is 7.11. The zero-order chi connectivity index (χ0) is 31.9. The van der Waals surface area contributed by atoms with Crippen molar-refractivity contribution in [2.75, 3.05) is 4.90 Å². The molecule has 0 atom stereocenters. The molecule has 0 radical (unpaired) electrons. The second kappa shape index (κ2) is 11.8. The molecule has 0 bridgehead atoms. The number of para-hydroxylation sites is 3. The van der Waals surface area contributed by atoms with Crippen LogP contribution in [0.15, 0.2) is 194 Å². The quantitative estimate of drug-likeness (QED) is 0.181. The molecule has 9 aromatic rings. The molecular weight excluding hydrogens is 581 g/mol. The average Bonchev–Trinajstić information content (AvgIpc) is 3.50. The van der Waals surface area contributed by atoms with Gasteiger partial charge in [0.15, 0.2) is 0 Å². The summed E-state index contributed by atoms with van der Waals surface area (Å²) in [7, 11) is 0. The maximum atomic E-state index is 2.41. The van der Waals surface area contributed by atoms with E-state index in [2.05, 4.69) is 204 Å². The van der Waals surface area contributed by atoms with Crippen LogP contribution in [0.25, 0.3) is 60.5 Å². The van der Waals surface area contributed by atoms with Gasteiger partial charge < -0.3 is 9.47 Å². The lowest BCUT2D eigenvalue weighted by molar-refractivity contribution is 1.19. The van der Waals surface area contributed by atoms with Crippen molar-refractivity contribution in [2.45, 2.75) is 0 Å². The molecule has 0 N–H and O–H groups in total. The van der Waals surface area contributed by atoms with E-state index in [0.29, 0.717) is 0 Å². The van der Waals surface area contributed by atoms with Gasteiger partial charge in [0.25, 0.3) is 0 Å². The van der Waals surface area contributed by atoms with E-state index in [4.69, 9.17) is 0 Å². The van der Waals surface area contributed by atoms with Crippen molar-refractivity contribution in [3.63, 3.8) is 0 Å². The molecule has 2 heteroatoms. The number of hydrogen-bond acceptors (Lipinski definition) is 1. The molecule has 0 spiro atoms. The van der Waals surface area contributed by atoms with Crippen molar-refractivity contribution >= 4 is 49.6 Å². The highest BCUT2D eigenvalue weighted by atomic mass is 15.1. The van der Waals surface area contributed by atoms with Gasteiger partial charge in [-0.25, -0.2) is 0 Å². The average molecular weight is 613 g/mol. The number of anilines is 3. The Bertz CT molecular complexity index is 2480. The number of rotatable bonds is 6. The third-order valence-corrected chi connectivity index (χ3v) is 9.37. The van der Waals surface area contributed by atoms with Crippen LogP contribution in [0.4, 0.5) is 17.1 Å². The minimum Gasteiger partial charge on any atom is -0.311 e. The maximum Gasteiger partial charge on any atom is 0.0541 e. The van der Waals surface area contributed by atoms with Gasteiger partial charge in [-0.05, 0) is 93.7 Å². The van der Waals surface area contributed by atoms with Crippen LogP contribution < -0.4 is 4.90 Å². The number of benzene rings is 8. The lowest BCUT2D eigenvalue weighted by Gasteiger charge is -2.26. The molecule has 9 rings (SSSR count). The Kier molecular flexibility index (Phi) is 6.84. The van der Waals surface area contributed by atoms with E-state index in [0.717, 1.165) is 22.7 Å². The number of fused-ring (bicyclic) bond motifs is 4. The summed E-state index contributed by atoms with van der Waals surface area (Å²) in [4.78, 5) is 2.32. The Balaban J connectivity index is 1.16. The van der Waals surface area contributed by atoms with Crippen molar-refractivity contribution in [1.29, 1.82) is 0 Å². The summed E-state index contributed by atoms with van der Waals surface area (Å²) in [6.45, 7) is 0. The van der Waals surface area contributed by atoms with E-state index < -0.39 is 0 Å². The molecule has 0 aliphatic carbocycles.